The molecule has 1 aliphatic heterocycles. The van der Waals surface area contributed by atoms with E-state index in [0.717, 1.165) is 20.8 Å². The van der Waals surface area contributed by atoms with E-state index in [1.54, 1.807) is 0 Å². The lowest BCUT2D eigenvalue weighted by Gasteiger charge is -2.40. The van der Waals surface area contributed by atoms with E-state index in [1.165, 1.54) is 6.92 Å². The Morgan fingerprint density at radius 1 is 0.900 bits per heavy atom. The van der Waals surface area contributed by atoms with E-state index >= 15 is 0 Å². The number of alkyl halides is 1. The van der Waals surface area contributed by atoms with Gasteiger partial charge in [0, 0.05) is 20.8 Å². The van der Waals surface area contributed by atoms with Crippen molar-refractivity contribution in [3.8, 4) is 0 Å². The fraction of sp³-hybridized carbons (Fsp3) is 0.750. The first kappa shape index (κ1) is 16.4. The quantitative estimate of drug-likeness (QED) is 0.552. The van der Waals surface area contributed by atoms with E-state index in [0.29, 0.717) is 0 Å². The van der Waals surface area contributed by atoms with Crippen molar-refractivity contribution in [2.24, 2.45) is 0 Å². The lowest BCUT2D eigenvalue weighted by atomic mass is 10.00. The normalized spacial score (nSPS) is 33.1. The van der Waals surface area contributed by atoms with Crippen LogP contribution in [0.15, 0.2) is 0 Å². The Balaban J connectivity index is 2.93. The Kier molecular flexibility index (Phi) is 5.43. The standard InChI is InChI=1S/C12H17FO7/c1-5-10(18-6(2)14)11(19-7(3)15)9(13)12(17-5)20-8(4)16/h5,9-12H,1-4H3/t5?,9?,10-,11?,12?/m1/s1. The van der Waals surface area contributed by atoms with Crippen LogP contribution in [0.2, 0.25) is 0 Å². The summed E-state index contributed by atoms with van der Waals surface area (Å²) >= 11 is 0. The first-order chi connectivity index (χ1) is 9.22. The summed E-state index contributed by atoms with van der Waals surface area (Å²) in [4.78, 5) is 33.0. The van der Waals surface area contributed by atoms with Gasteiger partial charge in [-0.05, 0) is 6.92 Å². The van der Waals surface area contributed by atoms with E-state index in [9.17, 15) is 18.8 Å². The minimum absolute atomic E-state index is 0.666. The molecule has 1 fully saturated rings. The Bertz CT molecular complexity index is 397. The summed E-state index contributed by atoms with van der Waals surface area (Å²) in [5, 5.41) is 0. The van der Waals surface area contributed by atoms with Crippen molar-refractivity contribution >= 4 is 17.9 Å². The summed E-state index contributed by atoms with van der Waals surface area (Å²) in [7, 11) is 0. The van der Waals surface area contributed by atoms with Crippen molar-refractivity contribution in [1.29, 1.82) is 0 Å². The fourth-order valence-electron chi connectivity index (χ4n) is 1.90. The van der Waals surface area contributed by atoms with Gasteiger partial charge in [0.25, 0.3) is 0 Å². The molecule has 7 nitrogen and oxygen atoms in total. The van der Waals surface area contributed by atoms with Crippen molar-refractivity contribution in [2.75, 3.05) is 0 Å². The first-order valence-corrected chi connectivity index (χ1v) is 6.03. The van der Waals surface area contributed by atoms with Gasteiger partial charge in [0.1, 0.15) is 0 Å². The van der Waals surface area contributed by atoms with Gasteiger partial charge in [-0.2, -0.15) is 0 Å². The Hall–Kier alpha value is -1.70. The monoisotopic (exact) mass is 292 g/mol. The number of hydrogen-bond donors (Lipinski definition) is 0. The van der Waals surface area contributed by atoms with Crippen molar-refractivity contribution in [1.82, 2.24) is 0 Å². The third kappa shape index (κ3) is 4.16. The van der Waals surface area contributed by atoms with Gasteiger partial charge >= 0.3 is 17.9 Å². The molecule has 1 saturated heterocycles. The summed E-state index contributed by atoms with van der Waals surface area (Å²) in [6, 6.07) is 0. The van der Waals surface area contributed by atoms with Gasteiger partial charge in [-0.3, -0.25) is 14.4 Å². The molecule has 0 spiro atoms. The van der Waals surface area contributed by atoms with Gasteiger partial charge in [0.2, 0.25) is 12.5 Å². The molecule has 114 valence electrons. The second-order valence-electron chi connectivity index (χ2n) is 4.41. The zero-order chi connectivity index (χ0) is 15.4. The average Bonchev–Trinajstić information content (AvgIpc) is 2.28. The molecule has 0 N–H and O–H groups in total. The van der Waals surface area contributed by atoms with Crippen LogP contribution in [0.25, 0.3) is 0 Å². The molecule has 0 bridgehead atoms. The highest BCUT2D eigenvalue weighted by Crippen LogP contribution is 2.29. The van der Waals surface area contributed by atoms with Gasteiger partial charge in [-0.25, -0.2) is 4.39 Å². The molecule has 1 aliphatic rings. The molecule has 5 atom stereocenters. The van der Waals surface area contributed by atoms with Crippen LogP contribution in [0, 0.1) is 0 Å². The number of esters is 3. The van der Waals surface area contributed by atoms with Crippen molar-refractivity contribution in [2.45, 2.75) is 58.5 Å². The van der Waals surface area contributed by atoms with Crippen LogP contribution in [-0.4, -0.2) is 48.7 Å². The van der Waals surface area contributed by atoms with Gasteiger partial charge in [0.15, 0.2) is 12.2 Å². The molecule has 1 heterocycles. The highest BCUT2D eigenvalue weighted by Gasteiger charge is 2.50. The predicted octanol–water partition coefficient (Wildman–Crippen LogP) is 0.496. The smallest absolute Gasteiger partial charge is 0.305 e. The molecule has 0 radical (unpaired) electrons. The highest BCUT2D eigenvalue weighted by atomic mass is 19.1. The minimum atomic E-state index is -1.96. The van der Waals surface area contributed by atoms with E-state index in [1.807, 2.05) is 0 Å². The van der Waals surface area contributed by atoms with E-state index in [2.05, 4.69) is 4.74 Å². The molecule has 0 saturated carbocycles. The lowest BCUT2D eigenvalue weighted by Crippen LogP contribution is -2.58. The van der Waals surface area contributed by atoms with E-state index < -0.39 is 48.7 Å². The SMILES string of the molecule is CC(=O)OC1OC(C)[C@@H](OC(C)=O)C(OC(C)=O)C1F. The van der Waals surface area contributed by atoms with Crippen molar-refractivity contribution < 1.29 is 37.7 Å². The molecule has 20 heavy (non-hydrogen) atoms. The van der Waals surface area contributed by atoms with Gasteiger partial charge in [0.05, 0.1) is 6.10 Å². The first-order valence-electron chi connectivity index (χ1n) is 6.03. The Morgan fingerprint density at radius 3 is 1.80 bits per heavy atom. The zero-order valence-corrected chi connectivity index (χ0v) is 11.6. The molecular weight excluding hydrogens is 275 g/mol. The molecule has 1 rings (SSSR count). The zero-order valence-electron chi connectivity index (χ0n) is 11.6. The molecular formula is C12H17FO7. The van der Waals surface area contributed by atoms with Crippen LogP contribution in [0.1, 0.15) is 27.7 Å². The van der Waals surface area contributed by atoms with Crippen LogP contribution < -0.4 is 0 Å². The predicted molar refractivity (Wildman–Crippen MR) is 62.1 cm³/mol. The number of rotatable bonds is 3. The van der Waals surface area contributed by atoms with Crippen molar-refractivity contribution in [3.63, 3.8) is 0 Å². The minimum Gasteiger partial charge on any atom is -0.456 e. The number of hydrogen-bond acceptors (Lipinski definition) is 7. The van der Waals surface area contributed by atoms with Crippen LogP contribution in [0.5, 0.6) is 0 Å². The maximum absolute atomic E-state index is 14.2. The average molecular weight is 292 g/mol. The molecule has 0 amide bonds. The summed E-state index contributed by atoms with van der Waals surface area (Å²) < 4.78 is 33.8. The second kappa shape index (κ2) is 6.65. The number of carbonyl (C=O) groups is 3. The maximum atomic E-state index is 14.2. The summed E-state index contributed by atoms with van der Waals surface area (Å²) in [6.45, 7) is 4.83. The third-order valence-corrected chi connectivity index (χ3v) is 2.60. The molecule has 0 aliphatic carbocycles. The van der Waals surface area contributed by atoms with Crippen LogP contribution in [0.4, 0.5) is 4.39 Å². The second-order valence-corrected chi connectivity index (χ2v) is 4.41. The lowest BCUT2D eigenvalue weighted by molar-refractivity contribution is -0.276. The highest BCUT2D eigenvalue weighted by molar-refractivity contribution is 5.68. The van der Waals surface area contributed by atoms with E-state index in [-0.39, 0.29) is 0 Å². The number of halogens is 1. The van der Waals surface area contributed by atoms with Gasteiger partial charge in [-0.15, -0.1) is 0 Å². The van der Waals surface area contributed by atoms with Crippen LogP contribution in [0.3, 0.4) is 0 Å². The molecule has 0 aromatic carbocycles. The molecule has 0 aromatic heterocycles. The number of ether oxygens (including phenoxy) is 4. The molecule has 0 aromatic rings. The summed E-state index contributed by atoms with van der Waals surface area (Å²) in [5.74, 6) is -2.15. The summed E-state index contributed by atoms with van der Waals surface area (Å²) in [6.07, 6.45) is -6.79. The van der Waals surface area contributed by atoms with Gasteiger partial charge < -0.3 is 18.9 Å². The third-order valence-electron chi connectivity index (χ3n) is 2.60. The Labute approximate surface area is 115 Å². The summed E-state index contributed by atoms with van der Waals surface area (Å²) in [5.41, 5.74) is 0. The van der Waals surface area contributed by atoms with Gasteiger partial charge in [-0.1, -0.05) is 0 Å². The largest absolute Gasteiger partial charge is 0.456 e. The maximum Gasteiger partial charge on any atom is 0.305 e. The number of carbonyl (C=O) groups excluding carboxylic acids is 3. The van der Waals surface area contributed by atoms with E-state index in [4.69, 9.17) is 14.2 Å². The topological polar surface area (TPSA) is 88.1 Å². The molecule has 4 unspecified atom stereocenters. The fourth-order valence-corrected chi connectivity index (χ4v) is 1.90. The van der Waals surface area contributed by atoms with Crippen molar-refractivity contribution in [3.05, 3.63) is 0 Å². The van der Waals surface area contributed by atoms with Crippen LogP contribution >= 0.6 is 0 Å². The van der Waals surface area contributed by atoms with Crippen LogP contribution in [-0.2, 0) is 33.3 Å². The molecule has 8 heteroatoms. The Morgan fingerprint density at radius 2 is 1.35 bits per heavy atom.